The molecule has 182 valence electrons. The number of halogens is 7. The van der Waals surface area contributed by atoms with E-state index in [0.717, 1.165) is 61.1 Å². The average molecular weight is 492 g/mol. The highest BCUT2D eigenvalue weighted by atomic mass is 19.4. The predicted molar refractivity (Wildman–Crippen MR) is 119 cm³/mol. The zero-order valence-electron chi connectivity index (χ0n) is 18.5. The molecule has 1 aliphatic carbocycles. The molecule has 0 saturated carbocycles. The topological polar surface area (TPSA) is 9.23 Å². The minimum absolute atomic E-state index is 0.00375. The molecule has 3 aromatic rings. The van der Waals surface area contributed by atoms with Crippen LogP contribution < -0.4 is 4.74 Å². The lowest BCUT2D eigenvalue weighted by Gasteiger charge is -2.18. The molecule has 8 heteroatoms. The Bertz CT molecular complexity index is 1350. The number of hydrogen-bond donors (Lipinski definition) is 0. The van der Waals surface area contributed by atoms with Crippen molar-refractivity contribution in [2.45, 2.75) is 32.4 Å². The van der Waals surface area contributed by atoms with Crippen LogP contribution in [0, 0.1) is 41.0 Å². The van der Waals surface area contributed by atoms with Gasteiger partial charge in [-0.1, -0.05) is 31.1 Å². The molecular weight excluding hydrogens is 473 g/mol. The van der Waals surface area contributed by atoms with Gasteiger partial charge in [-0.25, -0.2) is 17.6 Å². The molecule has 0 aromatic heterocycles. The third-order valence-corrected chi connectivity index (χ3v) is 5.85. The van der Waals surface area contributed by atoms with Gasteiger partial charge in [-0.05, 0) is 53.8 Å². The van der Waals surface area contributed by atoms with Gasteiger partial charge in [0.2, 0.25) is 0 Å². The van der Waals surface area contributed by atoms with Crippen molar-refractivity contribution in [1.82, 2.24) is 0 Å². The SMILES string of the molecule is CC1CC=C(COc2cc(F)c(-c3ccc4c(F)c(C#CC(F)(F)F)c(F)cc4c3)c(F)c2)CC1. The van der Waals surface area contributed by atoms with Crippen molar-refractivity contribution in [3.63, 3.8) is 0 Å². The first-order chi connectivity index (χ1) is 16.5. The van der Waals surface area contributed by atoms with Crippen molar-refractivity contribution in [1.29, 1.82) is 0 Å². The summed E-state index contributed by atoms with van der Waals surface area (Å²) < 4.78 is 101. The zero-order chi connectivity index (χ0) is 25.3. The van der Waals surface area contributed by atoms with E-state index in [1.54, 1.807) is 0 Å². The molecule has 0 spiro atoms. The molecule has 0 saturated heterocycles. The van der Waals surface area contributed by atoms with Crippen LogP contribution in [0.25, 0.3) is 21.9 Å². The number of fused-ring (bicyclic) bond motifs is 1. The highest BCUT2D eigenvalue weighted by Crippen LogP contribution is 2.34. The summed E-state index contributed by atoms with van der Waals surface area (Å²) in [6.07, 6.45) is -0.0362. The van der Waals surface area contributed by atoms with Crippen molar-refractivity contribution in [2.75, 3.05) is 6.61 Å². The lowest BCUT2D eigenvalue weighted by Crippen LogP contribution is -2.08. The first-order valence-electron chi connectivity index (χ1n) is 10.8. The molecule has 1 unspecified atom stereocenters. The summed E-state index contributed by atoms with van der Waals surface area (Å²) in [5.41, 5.74) is -0.405. The fourth-order valence-corrected chi connectivity index (χ4v) is 3.97. The van der Waals surface area contributed by atoms with E-state index in [9.17, 15) is 30.7 Å². The van der Waals surface area contributed by atoms with Crippen LogP contribution in [0.3, 0.4) is 0 Å². The Labute approximate surface area is 197 Å². The van der Waals surface area contributed by atoms with Crippen LogP contribution in [0.15, 0.2) is 48.0 Å². The Kier molecular flexibility index (Phi) is 6.79. The van der Waals surface area contributed by atoms with Gasteiger partial charge in [0.15, 0.2) is 0 Å². The molecular formula is C27H19F7O. The van der Waals surface area contributed by atoms with Crippen LogP contribution in [0.5, 0.6) is 5.75 Å². The smallest absolute Gasteiger partial charge is 0.458 e. The first kappa shape index (κ1) is 24.6. The van der Waals surface area contributed by atoms with Crippen LogP contribution in [-0.4, -0.2) is 12.8 Å². The zero-order valence-corrected chi connectivity index (χ0v) is 18.5. The Morgan fingerprint density at radius 3 is 2.31 bits per heavy atom. The van der Waals surface area contributed by atoms with E-state index in [0.29, 0.717) is 5.92 Å². The van der Waals surface area contributed by atoms with E-state index < -0.39 is 40.6 Å². The third-order valence-electron chi connectivity index (χ3n) is 5.85. The van der Waals surface area contributed by atoms with Crippen LogP contribution >= 0.6 is 0 Å². The van der Waals surface area contributed by atoms with Crippen LogP contribution in [0.4, 0.5) is 30.7 Å². The predicted octanol–water partition coefficient (Wildman–Crippen LogP) is 8.10. The van der Waals surface area contributed by atoms with Crippen molar-refractivity contribution in [3.8, 4) is 28.7 Å². The van der Waals surface area contributed by atoms with E-state index >= 15 is 0 Å². The molecule has 1 atom stereocenters. The number of benzene rings is 3. The molecule has 1 nitrogen and oxygen atoms in total. The van der Waals surface area contributed by atoms with Crippen molar-refractivity contribution >= 4 is 10.8 Å². The summed E-state index contributed by atoms with van der Waals surface area (Å²) in [5, 5.41) is -0.329. The second kappa shape index (κ2) is 9.65. The fraction of sp³-hybridized carbons (Fsp3) is 0.259. The Hall–Kier alpha value is -3.47. The summed E-state index contributed by atoms with van der Waals surface area (Å²) in [4.78, 5) is 0. The summed E-state index contributed by atoms with van der Waals surface area (Å²) in [6.45, 7) is 2.37. The van der Waals surface area contributed by atoms with E-state index in [1.165, 1.54) is 12.0 Å². The summed E-state index contributed by atoms with van der Waals surface area (Å²) >= 11 is 0. The van der Waals surface area contributed by atoms with Gasteiger partial charge in [0, 0.05) is 23.4 Å². The minimum Gasteiger partial charge on any atom is -0.489 e. The van der Waals surface area contributed by atoms with Crippen LogP contribution in [0.1, 0.15) is 31.7 Å². The molecule has 0 bridgehead atoms. The van der Waals surface area contributed by atoms with Crippen molar-refractivity contribution in [3.05, 3.63) is 76.9 Å². The summed E-state index contributed by atoms with van der Waals surface area (Å²) in [7, 11) is 0. The van der Waals surface area contributed by atoms with E-state index in [2.05, 4.69) is 13.0 Å². The number of alkyl halides is 3. The summed E-state index contributed by atoms with van der Waals surface area (Å²) in [5.74, 6) is -1.58. The second-order valence-corrected chi connectivity index (χ2v) is 8.52. The second-order valence-electron chi connectivity index (χ2n) is 8.52. The lowest BCUT2D eigenvalue weighted by atomic mass is 9.91. The fourth-order valence-electron chi connectivity index (χ4n) is 3.97. The highest BCUT2D eigenvalue weighted by molar-refractivity contribution is 5.89. The van der Waals surface area contributed by atoms with Crippen LogP contribution in [-0.2, 0) is 0 Å². The number of allylic oxidation sites excluding steroid dienone is 1. The van der Waals surface area contributed by atoms with E-state index in [-0.39, 0.29) is 28.7 Å². The van der Waals surface area contributed by atoms with Gasteiger partial charge in [-0.15, -0.1) is 0 Å². The molecule has 0 N–H and O–H groups in total. The summed E-state index contributed by atoms with van der Waals surface area (Å²) in [6, 6.07) is 6.29. The Morgan fingerprint density at radius 1 is 0.971 bits per heavy atom. The standard InChI is InChI=1S/C27H19F7O/c1-15-2-4-16(5-3-15)14-35-19-12-23(29)25(24(30)13-19)17-6-7-20-18(10-17)11-22(28)21(26(20)31)8-9-27(32,33)34/h4,6-7,10-13,15H,2-3,5,14H2,1H3. The monoisotopic (exact) mass is 492 g/mol. The van der Waals surface area contributed by atoms with Gasteiger partial charge in [0.25, 0.3) is 0 Å². The van der Waals surface area contributed by atoms with Gasteiger partial charge < -0.3 is 4.74 Å². The molecule has 35 heavy (non-hydrogen) atoms. The van der Waals surface area contributed by atoms with Crippen molar-refractivity contribution in [2.24, 2.45) is 5.92 Å². The lowest BCUT2D eigenvalue weighted by molar-refractivity contribution is -0.0696. The molecule has 3 aromatic carbocycles. The molecule has 1 aliphatic rings. The van der Waals surface area contributed by atoms with Crippen molar-refractivity contribution < 1.29 is 35.5 Å². The largest absolute Gasteiger partial charge is 0.489 e. The van der Waals surface area contributed by atoms with Gasteiger partial charge in [0.05, 0.1) is 11.1 Å². The quantitative estimate of drug-likeness (QED) is 0.203. The molecule has 0 radical (unpaired) electrons. The molecule has 0 heterocycles. The highest BCUT2D eigenvalue weighted by Gasteiger charge is 2.24. The molecule has 0 fully saturated rings. The van der Waals surface area contributed by atoms with Gasteiger partial charge in [-0.2, -0.15) is 13.2 Å². The number of hydrogen-bond acceptors (Lipinski definition) is 1. The first-order valence-corrected chi connectivity index (χ1v) is 10.8. The Balaban J connectivity index is 1.64. The maximum atomic E-state index is 14.8. The molecule has 0 aliphatic heterocycles. The van der Waals surface area contributed by atoms with Gasteiger partial charge in [0.1, 0.15) is 35.6 Å². The molecule has 4 rings (SSSR count). The van der Waals surface area contributed by atoms with Crippen LogP contribution in [0.2, 0.25) is 0 Å². The maximum absolute atomic E-state index is 14.8. The third kappa shape index (κ3) is 5.61. The van der Waals surface area contributed by atoms with E-state index in [1.807, 2.05) is 0 Å². The number of ether oxygens (including phenoxy) is 1. The molecule has 0 amide bonds. The average Bonchev–Trinajstić information content (AvgIpc) is 2.77. The van der Waals surface area contributed by atoms with Gasteiger partial charge >= 0.3 is 6.18 Å². The number of rotatable bonds is 4. The maximum Gasteiger partial charge on any atom is 0.458 e. The Morgan fingerprint density at radius 2 is 1.69 bits per heavy atom. The van der Waals surface area contributed by atoms with Gasteiger partial charge in [-0.3, -0.25) is 0 Å². The normalized spacial score (nSPS) is 16.0. The van der Waals surface area contributed by atoms with E-state index in [4.69, 9.17) is 4.74 Å². The minimum atomic E-state index is -4.92.